The maximum absolute atomic E-state index is 2.37. The van der Waals surface area contributed by atoms with Gasteiger partial charge in [0.1, 0.15) is 0 Å². The minimum absolute atomic E-state index is 1.13. The minimum Gasteiger partial charge on any atom is -0.0761 e. The Morgan fingerprint density at radius 3 is 1.95 bits per heavy atom. The van der Waals surface area contributed by atoms with Crippen LogP contribution in [0.25, 0.3) is 11.1 Å². The molecule has 94 valence electrons. The van der Waals surface area contributed by atoms with Crippen molar-refractivity contribution in [2.45, 2.75) is 19.8 Å². The molecule has 0 saturated heterocycles. The predicted molar refractivity (Wildman–Crippen MR) is 82.7 cm³/mol. The normalized spacial score (nSPS) is 15.3. The summed E-state index contributed by atoms with van der Waals surface area (Å²) in [5, 5.41) is 0. The van der Waals surface area contributed by atoms with Crippen LogP contribution < -0.4 is 0 Å². The third-order valence-electron chi connectivity index (χ3n) is 3.81. The van der Waals surface area contributed by atoms with Gasteiger partial charge in [-0.15, -0.1) is 0 Å². The molecule has 0 atom stereocenters. The standard InChI is InChI=1S/C19H18/c1-15-18(16-9-4-2-5-10-16)13-8-14-19(15)17-11-6-3-7-12-17/h2-7,9-13H,8,14H2,1H3. The summed E-state index contributed by atoms with van der Waals surface area (Å²) >= 11 is 0. The average Bonchev–Trinajstić information content (AvgIpc) is 2.49. The summed E-state index contributed by atoms with van der Waals surface area (Å²) in [4.78, 5) is 0. The maximum atomic E-state index is 2.37. The molecule has 0 aliphatic heterocycles. The lowest BCUT2D eigenvalue weighted by Gasteiger charge is -2.20. The summed E-state index contributed by atoms with van der Waals surface area (Å²) in [5.41, 5.74) is 6.99. The number of benzene rings is 2. The van der Waals surface area contributed by atoms with Crippen molar-refractivity contribution < 1.29 is 0 Å². The van der Waals surface area contributed by atoms with Crippen molar-refractivity contribution in [3.8, 4) is 0 Å². The van der Waals surface area contributed by atoms with Crippen LogP contribution in [0, 0.1) is 0 Å². The van der Waals surface area contributed by atoms with Gasteiger partial charge in [0, 0.05) is 0 Å². The van der Waals surface area contributed by atoms with Crippen LogP contribution in [0.5, 0.6) is 0 Å². The zero-order chi connectivity index (χ0) is 13.1. The Hall–Kier alpha value is -2.08. The summed E-state index contributed by atoms with van der Waals surface area (Å²) in [6, 6.07) is 21.4. The lowest BCUT2D eigenvalue weighted by atomic mass is 9.85. The van der Waals surface area contributed by atoms with Gasteiger partial charge < -0.3 is 0 Å². The summed E-state index contributed by atoms with van der Waals surface area (Å²) in [6.07, 6.45) is 4.65. The summed E-state index contributed by atoms with van der Waals surface area (Å²) in [6.45, 7) is 2.25. The second kappa shape index (κ2) is 5.27. The maximum Gasteiger partial charge on any atom is -0.0184 e. The molecule has 0 unspecified atom stereocenters. The second-order valence-corrected chi connectivity index (χ2v) is 4.99. The fraction of sp³-hybridized carbons (Fsp3) is 0.158. The molecule has 0 saturated carbocycles. The fourth-order valence-electron chi connectivity index (χ4n) is 2.82. The third-order valence-corrected chi connectivity index (χ3v) is 3.81. The molecule has 0 bridgehead atoms. The van der Waals surface area contributed by atoms with Crippen LogP contribution in [0.1, 0.15) is 30.9 Å². The molecule has 2 aromatic carbocycles. The highest BCUT2D eigenvalue weighted by Gasteiger charge is 2.14. The number of hydrogen-bond acceptors (Lipinski definition) is 0. The smallest absolute Gasteiger partial charge is 0.0184 e. The van der Waals surface area contributed by atoms with E-state index in [1.807, 2.05) is 0 Å². The first-order valence-corrected chi connectivity index (χ1v) is 6.87. The number of allylic oxidation sites excluding steroid dienone is 4. The average molecular weight is 246 g/mol. The molecular formula is C19H18. The molecule has 0 amide bonds. The van der Waals surface area contributed by atoms with Crippen LogP contribution in [-0.2, 0) is 0 Å². The summed E-state index contributed by atoms with van der Waals surface area (Å²) in [5.74, 6) is 0. The molecule has 1 aliphatic rings. The van der Waals surface area contributed by atoms with Gasteiger partial charge >= 0.3 is 0 Å². The lowest BCUT2D eigenvalue weighted by Crippen LogP contribution is -1.98. The monoisotopic (exact) mass is 246 g/mol. The van der Waals surface area contributed by atoms with Crippen molar-refractivity contribution in [3.05, 3.63) is 83.4 Å². The highest BCUT2D eigenvalue weighted by Crippen LogP contribution is 2.36. The van der Waals surface area contributed by atoms with E-state index in [9.17, 15) is 0 Å². The summed E-state index contributed by atoms with van der Waals surface area (Å²) < 4.78 is 0. The Morgan fingerprint density at radius 2 is 1.32 bits per heavy atom. The molecule has 0 heterocycles. The summed E-state index contributed by atoms with van der Waals surface area (Å²) in [7, 11) is 0. The van der Waals surface area contributed by atoms with Gasteiger partial charge in [0.15, 0.2) is 0 Å². The predicted octanol–water partition coefficient (Wildman–Crippen LogP) is 5.34. The van der Waals surface area contributed by atoms with Gasteiger partial charge in [0.25, 0.3) is 0 Å². The van der Waals surface area contributed by atoms with Crippen LogP contribution >= 0.6 is 0 Å². The Labute approximate surface area is 115 Å². The highest BCUT2D eigenvalue weighted by atomic mass is 14.2. The van der Waals surface area contributed by atoms with Crippen molar-refractivity contribution in [1.82, 2.24) is 0 Å². The third kappa shape index (κ3) is 2.39. The Balaban J connectivity index is 2.05. The van der Waals surface area contributed by atoms with Crippen molar-refractivity contribution in [2.24, 2.45) is 0 Å². The van der Waals surface area contributed by atoms with Gasteiger partial charge in [-0.3, -0.25) is 0 Å². The highest BCUT2D eigenvalue weighted by molar-refractivity contribution is 5.90. The molecule has 2 aromatic rings. The van der Waals surface area contributed by atoms with Crippen molar-refractivity contribution in [3.63, 3.8) is 0 Å². The topological polar surface area (TPSA) is 0 Å². The van der Waals surface area contributed by atoms with E-state index in [2.05, 4.69) is 73.7 Å². The van der Waals surface area contributed by atoms with E-state index in [-0.39, 0.29) is 0 Å². The Bertz CT molecular complexity index is 616. The van der Waals surface area contributed by atoms with Gasteiger partial charge in [-0.05, 0) is 47.6 Å². The first-order chi connectivity index (χ1) is 9.36. The zero-order valence-electron chi connectivity index (χ0n) is 11.3. The fourth-order valence-corrected chi connectivity index (χ4v) is 2.82. The molecular weight excluding hydrogens is 228 g/mol. The van der Waals surface area contributed by atoms with E-state index in [0.29, 0.717) is 0 Å². The number of hydrogen-bond donors (Lipinski definition) is 0. The largest absolute Gasteiger partial charge is 0.0761 e. The molecule has 0 spiro atoms. The van der Waals surface area contributed by atoms with Gasteiger partial charge in [0.2, 0.25) is 0 Å². The van der Waals surface area contributed by atoms with Crippen molar-refractivity contribution >= 4 is 11.1 Å². The van der Waals surface area contributed by atoms with E-state index < -0.39 is 0 Å². The van der Waals surface area contributed by atoms with Crippen LogP contribution in [0.3, 0.4) is 0 Å². The molecule has 0 N–H and O–H groups in total. The van der Waals surface area contributed by atoms with Crippen LogP contribution in [0.15, 0.2) is 72.3 Å². The van der Waals surface area contributed by atoms with Gasteiger partial charge in [-0.1, -0.05) is 66.7 Å². The Kier molecular flexibility index (Phi) is 3.33. The van der Waals surface area contributed by atoms with E-state index in [0.717, 1.165) is 12.8 Å². The van der Waals surface area contributed by atoms with Gasteiger partial charge in [-0.25, -0.2) is 0 Å². The van der Waals surface area contributed by atoms with Gasteiger partial charge in [-0.2, -0.15) is 0 Å². The quantitative estimate of drug-likeness (QED) is 0.671. The molecule has 0 aromatic heterocycles. The second-order valence-electron chi connectivity index (χ2n) is 4.99. The molecule has 3 rings (SSSR count). The zero-order valence-corrected chi connectivity index (χ0v) is 11.3. The minimum atomic E-state index is 1.13. The van der Waals surface area contributed by atoms with Crippen molar-refractivity contribution in [1.29, 1.82) is 0 Å². The lowest BCUT2D eigenvalue weighted by molar-refractivity contribution is 1.04. The first-order valence-electron chi connectivity index (χ1n) is 6.87. The van der Waals surface area contributed by atoms with Crippen molar-refractivity contribution in [2.75, 3.05) is 0 Å². The van der Waals surface area contributed by atoms with Gasteiger partial charge in [0.05, 0.1) is 0 Å². The van der Waals surface area contributed by atoms with Crippen LogP contribution in [0.2, 0.25) is 0 Å². The molecule has 0 heteroatoms. The van der Waals surface area contributed by atoms with Crippen LogP contribution in [0.4, 0.5) is 0 Å². The molecule has 0 nitrogen and oxygen atoms in total. The van der Waals surface area contributed by atoms with E-state index >= 15 is 0 Å². The number of rotatable bonds is 2. The first kappa shape index (κ1) is 12.0. The molecule has 19 heavy (non-hydrogen) atoms. The van der Waals surface area contributed by atoms with E-state index in [1.165, 1.54) is 27.8 Å². The van der Waals surface area contributed by atoms with E-state index in [4.69, 9.17) is 0 Å². The molecule has 0 radical (unpaired) electrons. The van der Waals surface area contributed by atoms with Crippen LogP contribution in [-0.4, -0.2) is 0 Å². The molecule has 0 fully saturated rings. The molecule has 1 aliphatic carbocycles. The Morgan fingerprint density at radius 1 is 0.737 bits per heavy atom. The SMILES string of the molecule is CC1=C(c2ccccc2)CCC=C1c1ccccc1. The van der Waals surface area contributed by atoms with E-state index in [1.54, 1.807) is 0 Å².